The van der Waals surface area contributed by atoms with Gasteiger partial charge in [0, 0.05) is 16.5 Å². The van der Waals surface area contributed by atoms with Crippen LogP contribution < -0.4 is 0 Å². The molecular weight excluding hydrogens is 220 g/mol. The first-order valence-electron chi connectivity index (χ1n) is 6.07. The zero-order valence-corrected chi connectivity index (χ0v) is 10.1. The van der Waals surface area contributed by atoms with E-state index >= 15 is 0 Å². The lowest BCUT2D eigenvalue weighted by molar-refractivity contribution is 0.628. The van der Waals surface area contributed by atoms with E-state index in [2.05, 4.69) is 24.8 Å². The van der Waals surface area contributed by atoms with E-state index in [4.69, 9.17) is 4.42 Å². The van der Waals surface area contributed by atoms with Crippen molar-refractivity contribution in [3.63, 3.8) is 0 Å². The Bertz CT molecular complexity index is 677. The molecule has 0 N–H and O–H groups in total. The van der Waals surface area contributed by atoms with Gasteiger partial charge in [0.2, 0.25) is 0 Å². The Morgan fingerprint density at radius 2 is 1.67 bits per heavy atom. The summed E-state index contributed by atoms with van der Waals surface area (Å²) in [6.45, 7) is 3.84. The summed E-state index contributed by atoms with van der Waals surface area (Å²) >= 11 is 0. The van der Waals surface area contributed by atoms with Gasteiger partial charge in [-0.3, -0.25) is 0 Å². The van der Waals surface area contributed by atoms with Crippen LogP contribution in [0.3, 0.4) is 0 Å². The molecule has 0 fully saturated rings. The first-order valence-corrected chi connectivity index (χ1v) is 6.07. The fraction of sp³-hybridized carbons (Fsp3) is 0.0588. The van der Waals surface area contributed by atoms with Crippen LogP contribution in [-0.4, -0.2) is 0 Å². The highest BCUT2D eigenvalue weighted by molar-refractivity contribution is 5.88. The van der Waals surface area contributed by atoms with Crippen LogP contribution in [0.4, 0.5) is 0 Å². The predicted molar refractivity (Wildman–Crippen MR) is 75.6 cm³/mol. The standard InChI is InChI=1S/C17H14O/c1-2-8-15-14-11-6-7-12-16(14)18-17(15)13-9-4-3-5-10-13/h2-7,9-12H,1,8H2. The minimum absolute atomic E-state index is 0.821. The lowest BCUT2D eigenvalue weighted by Gasteiger charge is -2.00. The summed E-state index contributed by atoms with van der Waals surface area (Å²) in [4.78, 5) is 0. The highest BCUT2D eigenvalue weighted by Gasteiger charge is 2.13. The molecule has 0 aliphatic rings. The van der Waals surface area contributed by atoms with E-state index < -0.39 is 0 Å². The van der Waals surface area contributed by atoms with Gasteiger partial charge in [-0.05, 0) is 12.5 Å². The zero-order chi connectivity index (χ0) is 12.4. The molecule has 0 saturated carbocycles. The Labute approximate surface area is 106 Å². The van der Waals surface area contributed by atoms with Gasteiger partial charge in [0.1, 0.15) is 11.3 Å². The molecule has 3 aromatic rings. The maximum atomic E-state index is 5.99. The Balaban J connectivity index is 2.28. The molecule has 1 heteroatoms. The molecule has 1 nitrogen and oxygen atoms in total. The molecule has 0 bridgehead atoms. The molecule has 0 aliphatic carbocycles. The lowest BCUT2D eigenvalue weighted by atomic mass is 10.0. The fourth-order valence-electron chi connectivity index (χ4n) is 2.27. The second kappa shape index (κ2) is 4.53. The molecule has 0 amide bonds. The van der Waals surface area contributed by atoms with E-state index in [1.54, 1.807) is 0 Å². The van der Waals surface area contributed by atoms with Gasteiger partial charge < -0.3 is 4.42 Å². The fourth-order valence-corrected chi connectivity index (χ4v) is 2.27. The minimum atomic E-state index is 0.821. The number of hydrogen-bond donors (Lipinski definition) is 0. The van der Waals surface area contributed by atoms with Crippen LogP contribution in [0.15, 0.2) is 71.7 Å². The summed E-state index contributed by atoms with van der Waals surface area (Å²) in [7, 11) is 0. The largest absolute Gasteiger partial charge is 0.456 e. The van der Waals surface area contributed by atoms with Gasteiger partial charge >= 0.3 is 0 Å². The van der Waals surface area contributed by atoms with Crippen molar-refractivity contribution in [1.82, 2.24) is 0 Å². The van der Waals surface area contributed by atoms with Crippen LogP contribution in [0.1, 0.15) is 5.56 Å². The maximum Gasteiger partial charge on any atom is 0.138 e. The summed E-state index contributed by atoms with van der Waals surface area (Å²) in [5, 5.41) is 1.18. The molecule has 18 heavy (non-hydrogen) atoms. The van der Waals surface area contributed by atoms with Crippen LogP contribution in [0.25, 0.3) is 22.3 Å². The molecule has 0 atom stereocenters. The molecule has 1 aromatic heterocycles. The Hall–Kier alpha value is -2.28. The Morgan fingerprint density at radius 3 is 2.44 bits per heavy atom. The summed E-state index contributed by atoms with van der Waals surface area (Å²) in [5.41, 5.74) is 3.27. The van der Waals surface area contributed by atoms with Crippen LogP contribution in [-0.2, 0) is 6.42 Å². The van der Waals surface area contributed by atoms with Gasteiger partial charge in [0.25, 0.3) is 0 Å². The second-order valence-corrected chi connectivity index (χ2v) is 4.26. The smallest absolute Gasteiger partial charge is 0.138 e. The molecule has 0 saturated heterocycles. The number of hydrogen-bond acceptors (Lipinski definition) is 1. The van der Waals surface area contributed by atoms with Crippen LogP contribution in [0, 0.1) is 0 Å². The van der Waals surface area contributed by atoms with Gasteiger partial charge in [0.15, 0.2) is 0 Å². The van der Waals surface area contributed by atoms with Gasteiger partial charge in [-0.25, -0.2) is 0 Å². The third-order valence-corrected chi connectivity index (χ3v) is 3.08. The molecule has 0 spiro atoms. The first-order chi connectivity index (χ1) is 8.90. The van der Waals surface area contributed by atoms with Gasteiger partial charge in [-0.15, -0.1) is 6.58 Å². The number of para-hydroxylation sites is 1. The van der Waals surface area contributed by atoms with Crippen molar-refractivity contribution in [2.75, 3.05) is 0 Å². The van der Waals surface area contributed by atoms with Crippen molar-refractivity contribution in [1.29, 1.82) is 0 Å². The third-order valence-electron chi connectivity index (χ3n) is 3.08. The van der Waals surface area contributed by atoms with E-state index in [9.17, 15) is 0 Å². The van der Waals surface area contributed by atoms with Gasteiger partial charge in [-0.2, -0.15) is 0 Å². The zero-order valence-electron chi connectivity index (χ0n) is 10.1. The average Bonchev–Trinajstić information content (AvgIpc) is 2.80. The van der Waals surface area contributed by atoms with Crippen molar-refractivity contribution in [2.24, 2.45) is 0 Å². The number of furan rings is 1. The minimum Gasteiger partial charge on any atom is -0.456 e. The highest BCUT2D eigenvalue weighted by Crippen LogP contribution is 2.33. The molecule has 0 radical (unpaired) electrons. The van der Waals surface area contributed by atoms with E-state index in [0.29, 0.717) is 0 Å². The molecule has 2 aromatic carbocycles. The van der Waals surface area contributed by atoms with Gasteiger partial charge in [-0.1, -0.05) is 54.6 Å². The summed E-state index contributed by atoms with van der Waals surface area (Å²) < 4.78 is 5.99. The van der Waals surface area contributed by atoms with Crippen LogP contribution in [0.5, 0.6) is 0 Å². The van der Waals surface area contributed by atoms with Gasteiger partial charge in [0.05, 0.1) is 0 Å². The average molecular weight is 234 g/mol. The second-order valence-electron chi connectivity index (χ2n) is 4.26. The van der Waals surface area contributed by atoms with Crippen molar-refractivity contribution in [3.8, 4) is 11.3 Å². The Morgan fingerprint density at radius 1 is 0.944 bits per heavy atom. The molecule has 1 heterocycles. The van der Waals surface area contributed by atoms with Crippen LogP contribution in [0.2, 0.25) is 0 Å². The first kappa shape index (κ1) is 10.8. The van der Waals surface area contributed by atoms with Crippen molar-refractivity contribution in [3.05, 3.63) is 72.8 Å². The molecule has 0 aliphatic heterocycles. The summed E-state index contributed by atoms with van der Waals surface area (Å²) in [5.74, 6) is 0.955. The predicted octanol–water partition coefficient (Wildman–Crippen LogP) is 4.83. The summed E-state index contributed by atoms with van der Waals surface area (Å²) in [6.07, 6.45) is 2.74. The topological polar surface area (TPSA) is 13.1 Å². The lowest BCUT2D eigenvalue weighted by Crippen LogP contribution is -1.83. The SMILES string of the molecule is C=CCc1c(-c2ccccc2)oc2ccccc12. The van der Waals surface area contributed by atoms with Crippen molar-refractivity contribution < 1.29 is 4.42 Å². The monoisotopic (exact) mass is 234 g/mol. The van der Waals surface area contributed by atoms with E-state index in [-0.39, 0.29) is 0 Å². The molecular formula is C17H14O. The number of rotatable bonds is 3. The van der Waals surface area contributed by atoms with E-state index in [1.807, 2.05) is 42.5 Å². The number of allylic oxidation sites excluding steroid dienone is 1. The Kier molecular flexibility index (Phi) is 2.73. The number of fused-ring (bicyclic) bond motifs is 1. The van der Waals surface area contributed by atoms with E-state index in [0.717, 1.165) is 23.3 Å². The molecule has 3 rings (SSSR count). The van der Waals surface area contributed by atoms with Crippen molar-refractivity contribution >= 4 is 11.0 Å². The maximum absolute atomic E-state index is 5.99. The number of benzene rings is 2. The molecule has 88 valence electrons. The highest BCUT2D eigenvalue weighted by atomic mass is 16.3. The third kappa shape index (κ3) is 1.74. The van der Waals surface area contributed by atoms with Crippen LogP contribution >= 0.6 is 0 Å². The molecule has 0 unspecified atom stereocenters. The normalized spacial score (nSPS) is 10.7. The van der Waals surface area contributed by atoms with E-state index in [1.165, 1.54) is 10.9 Å². The van der Waals surface area contributed by atoms with Crippen molar-refractivity contribution in [2.45, 2.75) is 6.42 Å². The quantitative estimate of drug-likeness (QED) is 0.592. The summed E-state index contributed by atoms with van der Waals surface area (Å²) in [6, 6.07) is 18.4.